The lowest BCUT2D eigenvalue weighted by Gasteiger charge is -2.11. The summed E-state index contributed by atoms with van der Waals surface area (Å²) in [6.45, 7) is 0.596. The van der Waals surface area contributed by atoms with Crippen molar-refractivity contribution < 1.29 is 9.50 Å². The van der Waals surface area contributed by atoms with Crippen molar-refractivity contribution in [1.29, 1.82) is 0 Å². The molecule has 7 heteroatoms. The second kappa shape index (κ2) is 8.16. The van der Waals surface area contributed by atoms with Crippen LogP contribution in [0.2, 0.25) is 0 Å². The zero-order chi connectivity index (χ0) is 17.5. The average Bonchev–Trinajstić information content (AvgIpc) is 2.66. The summed E-state index contributed by atoms with van der Waals surface area (Å²) in [6, 6.07) is 13.9. The van der Waals surface area contributed by atoms with Gasteiger partial charge in [-0.05, 0) is 18.2 Å². The summed E-state index contributed by atoms with van der Waals surface area (Å²) < 4.78 is 13.8. The third kappa shape index (κ3) is 4.48. The monoisotopic (exact) mass is 339 g/mol. The molecular formula is C18H18FN5O. The first-order chi connectivity index (χ1) is 12.3. The fourth-order valence-electron chi connectivity index (χ4n) is 2.26. The van der Waals surface area contributed by atoms with Gasteiger partial charge in [0.15, 0.2) is 0 Å². The first kappa shape index (κ1) is 16.8. The molecule has 0 bridgehead atoms. The van der Waals surface area contributed by atoms with Crippen LogP contribution in [-0.4, -0.2) is 33.2 Å². The Bertz CT molecular complexity index is 829. The van der Waals surface area contributed by atoms with Gasteiger partial charge < -0.3 is 15.7 Å². The molecule has 0 unspecified atom stereocenters. The molecule has 0 amide bonds. The van der Waals surface area contributed by atoms with E-state index >= 15 is 0 Å². The predicted octanol–water partition coefficient (Wildman–Crippen LogP) is 2.69. The minimum Gasteiger partial charge on any atom is -0.395 e. The average molecular weight is 339 g/mol. The number of benzene rings is 1. The molecule has 6 nitrogen and oxygen atoms in total. The number of rotatable bonds is 7. The van der Waals surface area contributed by atoms with Gasteiger partial charge in [-0.15, -0.1) is 0 Å². The minimum atomic E-state index is -0.271. The zero-order valence-corrected chi connectivity index (χ0v) is 13.5. The SMILES string of the molecule is OCCNc1nc(NCc2ccccc2F)cc(-c2ccccn2)n1. The molecule has 2 aromatic heterocycles. The third-order valence-corrected chi connectivity index (χ3v) is 3.47. The Kier molecular flexibility index (Phi) is 5.48. The molecule has 0 saturated heterocycles. The van der Waals surface area contributed by atoms with Crippen molar-refractivity contribution >= 4 is 11.8 Å². The number of halogens is 1. The Labute approximate surface area is 144 Å². The number of aromatic nitrogens is 3. The van der Waals surface area contributed by atoms with Crippen molar-refractivity contribution in [3.63, 3.8) is 0 Å². The van der Waals surface area contributed by atoms with Crippen LogP contribution in [0.4, 0.5) is 16.2 Å². The second-order valence-corrected chi connectivity index (χ2v) is 5.27. The molecule has 3 aromatic rings. The Hall–Kier alpha value is -3.06. The van der Waals surface area contributed by atoms with E-state index in [1.54, 1.807) is 30.5 Å². The van der Waals surface area contributed by atoms with E-state index in [4.69, 9.17) is 5.11 Å². The smallest absolute Gasteiger partial charge is 0.225 e. The molecule has 3 rings (SSSR count). The summed E-state index contributed by atoms with van der Waals surface area (Å²) in [4.78, 5) is 13.0. The van der Waals surface area contributed by atoms with E-state index in [1.165, 1.54) is 6.07 Å². The highest BCUT2D eigenvalue weighted by Gasteiger charge is 2.08. The van der Waals surface area contributed by atoms with E-state index in [0.29, 0.717) is 41.8 Å². The first-order valence-electron chi connectivity index (χ1n) is 7.89. The molecule has 0 atom stereocenters. The maximum absolute atomic E-state index is 13.8. The Balaban J connectivity index is 1.85. The summed E-state index contributed by atoms with van der Waals surface area (Å²) in [6.07, 6.45) is 1.69. The third-order valence-electron chi connectivity index (χ3n) is 3.47. The normalized spacial score (nSPS) is 10.5. The van der Waals surface area contributed by atoms with Crippen LogP contribution >= 0.6 is 0 Å². The predicted molar refractivity (Wildman–Crippen MR) is 94.6 cm³/mol. The van der Waals surface area contributed by atoms with Crippen molar-refractivity contribution in [3.05, 3.63) is 66.1 Å². The van der Waals surface area contributed by atoms with Crippen LogP contribution in [0.3, 0.4) is 0 Å². The maximum Gasteiger partial charge on any atom is 0.225 e. The van der Waals surface area contributed by atoms with Gasteiger partial charge in [-0.1, -0.05) is 24.3 Å². The van der Waals surface area contributed by atoms with E-state index in [2.05, 4.69) is 25.6 Å². The largest absolute Gasteiger partial charge is 0.395 e. The molecule has 0 aliphatic rings. The number of pyridine rings is 1. The maximum atomic E-state index is 13.8. The zero-order valence-electron chi connectivity index (χ0n) is 13.5. The van der Waals surface area contributed by atoms with E-state index in [-0.39, 0.29) is 12.4 Å². The Morgan fingerprint density at radius 1 is 0.960 bits per heavy atom. The van der Waals surface area contributed by atoms with Gasteiger partial charge in [0.2, 0.25) is 5.95 Å². The van der Waals surface area contributed by atoms with Gasteiger partial charge in [0.25, 0.3) is 0 Å². The van der Waals surface area contributed by atoms with Crippen molar-refractivity contribution in [2.45, 2.75) is 6.54 Å². The fourth-order valence-corrected chi connectivity index (χ4v) is 2.26. The number of nitrogens with zero attached hydrogens (tertiary/aromatic N) is 3. The van der Waals surface area contributed by atoms with Gasteiger partial charge in [0, 0.05) is 30.9 Å². The van der Waals surface area contributed by atoms with Gasteiger partial charge in [0.1, 0.15) is 11.6 Å². The molecule has 3 N–H and O–H groups in total. The Morgan fingerprint density at radius 2 is 1.80 bits per heavy atom. The van der Waals surface area contributed by atoms with E-state index in [9.17, 15) is 4.39 Å². The molecule has 1 aromatic carbocycles. The van der Waals surface area contributed by atoms with Gasteiger partial charge in [0.05, 0.1) is 18.0 Å². The van der Waals surface area contributed by atoms with E-state index in [0.717, 1.165) is 0 Å². The molecule has 2 heterocycles. The number of hydrogen-bond acceptors (Lipinski definition) is 6. The fraction of sp³-hybridized carbons (Fsp3) is 0.167. The Morgan fingerprint density at radius 3 is 2.56 bits per heavy atom. The minimum absolute atomic E-state index is 0.0326. The molecule has 0 fully saturated rings. The lowest BCUT2D eigenvalue weighted by Crippen LogP contribution is -2.11. The quantitative estimate of drug-likeness (QED) is 0.614. The summed E-state index contributed by atoms with van der Waals surface area (Å²) in [5, 5.41) is 15.0. The number of aliphatic hydroxyl groups excluding tert-OH is 1. The molecule has 0 saturated carbocycles. The topological polar surface area (TPSA) is 83.0 Å². The summed E-state index contributed by atoms with van der Waals surface area (Å²) in [5.41, 5.74) is 1.88. The van der Waals surface area contributed by atoms with E-state index < -0.39 is 0 Å². The van der Waals surface area contributed by atoms with Crippen molar-refractivity contribution in [2.24, 2.45) is 0 Å². The van der Waals surface area contributed by atoms with Crippen LogP contribution in [0.5, 0.6) is 0 Å². The highest BCUT2D eigenvalue weighted by molar-refractivity contribution is 5.61. The van der Waals surface area contributed by atoms with Crippen LogP contribution in [0.25, 0.3) is 11.4 Å². The lowest BCUT2D eigenvalue weighted by molar-refractivity contribution is 0.311. The lowest BCUT2D eigenvalue weighted by atomic mass is 10.2. The van der Waals surface area contributed by atoms with Crippen LogP contribution in [0, 0.1) is 5.82 Å². The highest BCUT2D eigenvalue weighted by Crippen LogP contribution is 2.20. The number of anilines is 2. The molecule has 0 spiro atoms. The molecule has 0 aliphatic heterocycles. The molecule has 0 radical (unpaired) electrons. The van der Waals surface area contributed by atoms with Gasteiger partial charge >= 0.3 is 0 Å². The first-order valence-corrected chi connectivity index (χ1v) is 7.89. The molecule has 0 aliphatic carbocycles. The van der Waals surface area contributed by atoms with Crippen LogP contribution in [-0.2, 0) is 6.54 Å². The van der Waals surface area contributed by atoms with Crippen molar-refractivity contribution in [3.8, 4) is 11.4 Å². The van der Waals surface area contributed by atoms with Crippen LogP contribution in [0.1, 0.15) is 5.56 Å². The summed E-state index contributed by atoms with van der Waals surface area (Å²) in [7, 11) is 0. The summed E-state index contributed by atoms with van der Waals surface area (Å²) in [5.74, 6) is 0.639. The second-order valence-electron chi connectivity index (χ2n) is 5.27. The number of aliphatic hydroxyl groups is 1. The van der Waals surface area contributed by atoms with Gasteiger partial charge in [-0.25, -0.2) is 9.37 Å². The standard InChI is InChI=1S/C18H18FN5O/c19-14-6-2-1-5-13(14)12-22-17-11-16(15-7-3-4-8-20-15)23-18(24-17)21-9-10-25/h1-8,11,25H,9-10,12H2,(H2,21,22,23,24). The summed E-state index contributed by atoms with van der Waals surface area (Å²) >= 11 is 0. The van der Waals surface area contributed by atoms with Crippen molar-refractivity contribution in [1.82, 2.24) is 15.0 Å². The van der Waals surface area contributed by atoms with Crippen LogP contribution < -0.4 is 10.6 Å². The van der Waals surface area contributed by atoms with Gasteiger partial charge in [-0.2, -0.15) is 4.98 Å². The van der Waals surface area contributed by atoms with Crippen LogP contribution in [0.15, 0.2) is 54.7 Å². The molecular weight excluding hydrogens is 321 g/mol. The highest BCUT2D eigenvalue weighted by atomic mass is 19.1. The number of nitrogens with one attached hydrogen (secondary N) is 2. The van der Waals surface area contributed by atoms with E-state index in [1.807, 2.05) is 18.2 Å². The van der Waals surface area contributed by atoms with Gasteiger partial charge in [-0.3, -0.25) is 4.98 Å². The molecule has 128 valence electrons. The number of hydrogen-bond donors (Lipinski definition) is 3. The van der Waals surface area contributed by atoms with Crippen molar-refractivity contribution in [2.75, 3.05) is 23.8 Å². The molecule has 25 heavy (non-hydrogen) atoms.